The zero-order valence-electron chi connectivity index (χ0n) is 13.2. The maximum absolute atomic E-state index is 12.1. The van der Waals surface area contributed by atoms with E-state index in [1.807, 2.05) is 6.92 Å². The van der Waals surface area contributed by atoms with Crippen LogP contribution in [0.3, 0.4) is 0 Å². The van der Waals surface area contributed by atoms with Crippen LogP contribution >= 0.6 is 0 Å². The first-order chi connectivity index (χ1) is 10.4. The normalized spacial score (nSPS) is 18.7. The summed E-state index contributed by atoms with van der Waals surface area (Å²) >= 11 is 0. The summed E-state index contributed by atoms with van der Waals surface area (Å²) in [6, 6.07) is 6.94. The molecule has 0 spiro atoms. The summed E-state index contributed by atoms with van der Waals surface area (Å²) in [5.41, 5.74) is 1.19. The highest BCUT2D eigenvalue weighted by Gasteiger charge is 2.26. The Bertz CT molecular complexity index is 611. The van der Waals surface area contributed by atoms with Crippen LogP contribution in [0, 0.1) is 0 Å². The van der Waals surface area contributed by atoms with Crippen LogP contribution < -0.4 is 9.62 Å². The van der Waals surface area contributed by atoms with Crippen molar-refractivity contribution in [2.45, 2.75) is 45.6 Å². The number of sulfonamides is 1. The Balaban J connectivity index is 2.08. The minimum Gasteiger partial charge on any atom is -0.350 e. The van der Waals surface area contributed by atoms with Crippen LogP contribution in [-0.2, 0) is 10.0 Å². The van der Waals surface area contributed by atoms with Crippen LogP contribution in [-0.4, -0.2) is 32.7 Å². The van der Waals surface area contributed by atoms with Gasteiger partial charge in [-0.3, -0.25) is 9.10 Å². The molecule has 5 nitrogen and oxygen atoms in total. The Morgan fingerprint density at radius 1 is 1.27 bits per heavy atom. The van der Waals surface area contributed by atoms with E-state index in [4.69, 9.17) is 0 Å². The van der Waals surface area contributed by atoms with E-state index in [1.54, 1.807) is 24.3 Å². The Morgan fingerprint density at radius 3 is 2.55 bits per heavy atom. The number of nitrogens with zero attached hydrogens (tertiary/aromatic N) is 1. The van der Waals surface area contributed by atoms with E-state index >= 15 is 0 Å². The van der Waals surface area contributed by atoms with Crippen LogP contribution in [0.25, 0.3) is 0 Å². The predicted octanol–water partition coefficient (Wildman–Crippen LogP) is 2.54. The van der Waals surface area contributed by atoms with Crippen molar-refractivity contribution in [2.24, 2.45) is 0 Å². The third-order valence-corrected chi connectivity index (χ3v) is 5.74. The van der Waals surface area contributed by atoms with Crippen molar-refractivity contribution in [3.63, 3.8) is 0 Å². The molecule has 122 valence electrons. The minimum atomic E-state index is -3.20. The van der Waals surface area contributed by atoms with Crippen molar-refractivity contribution >= 4 is 21.6 Å². The fourth-order valence-electron chi connectivity index (χ4n) is 2.67. The van der Waals surface area contributed by atoms with Crippen molar-refractivity contribution in [1.82, 2.24) is 5.32 Å². The molecule has 6 heteroatoms. The van der Waals surface area contributed by atoms with Crippen molar-refractivity contribution < 1.29 is 13.2 Å². The molecule has 0 aliphatic carbocycles. The van der Waals surface area contributed by atoms with Gasteiger partial charge in [-0.1, -0.05) is 13.3 Å². The molecule has 1 aromatic rings. The van der Waals surface area contributed by atoms with Gasteiger partial charge < -0.3 is 5.32 Å². The molecule has 0 bridgehead atoms. The molecule has 1 atom stereocenters. The minimum absolute atomic E-state index is 0.117. The lowest BCUT2D eigenvalue weighted by atomic mass is 10.1. The molecule has 1 aliphatic heterocycles. The maximum Gasteiger partial charge on any atom is 0.251 e. The molecule has 1 amide bonds. The van der Waals surface area contributed by atoms with E-state index in [1.165, 1.54) is 4.31 Å². The van der Waals surface area contributed by atoms with Gasteiger partial charge in [0.2, 0.25) is 10.0 Å². The average Bonchev–Trinajstić information content (AvgIpc) is 2.47. The second-order valence-corrected chi connectivity index (χ2v) is 7.82. The SMILES string of the molecule is CCC[C@@H](C)NC(=O)c1ccc(N2CCCCS2(=O)=O)cc1. The second-order valence-electron chi connectivity index (χ2n) is 5.81. The monoisotopic (exact) mass is 324 g/mol. The van der Waals surface area contributed by atoms with Gasteiger partial charge in [0.05, 0.1) is 11.4 Å². The van der Waals surface area contributed by atoms with Crippen molar-refractivity contribution in [3.05, 3.63) is 29.8 Å². The number of anilines is 1. The van der Waals surface area contributed by atoms with Gasteiger partial charge in [0.25, 0.3) is 5.91 Å². The third-order valence-electron chi connectivity index (χ3n) is 3.87. The van der Waals surface area contributed by atoms with Gasteiger partial charge in [0, 0.05) is 18.2 Å². The predicted molar refractivity (Wildman–Crippen MR) is 88.6 cm³/mol. The van der Waals surface area contributed by atoms with Crippen molar-refractivity contribution in [3.8, 4) is 0 Å². The number of hydrogen-bond donors (Lipinski definition) is 1. The summed E-state index contributed by atoms with van der Waals surface area (Å²) in [5.74, 6) is 0.0815. The topological polar surface area (TPSA) is 66.5 Å². The lowest BCUT2D eigenvalue weighted by molar-refractivity contribution is 0.0938. The van der Waals surface area contributed by atoms with Crippen molar-refractivity contribution in [1.29, 1.82) is 0 Å². The summed E-state index contributed by atoms with van der Waals surface area (Å²) in [6.45, 7) is 4.58. The highest BCUT2D eigenvalue weighted by Crippen LogP contribution is 2.23. The molecule has 2 rings (SSSR count). The van der Waals surface area contributed by atoms with Crippen LogP contribution in [0.2, 0.25) is 0 Å². The molecule has 1 N–H and O–H groups in total. The summed E-state index contributed by atoms with van der Waals surface area (Å²) in [4.78, 5) is 12.1. The number of amides is 1. The van der Waals surface area contributed by atoms with Crippen LogP contribution in [0.5, 0.6) is 0 Å². The van der Waals surface area contributed by atoms with Crippen LogP contribution in [0.15, 0.2) is 24.3 Å². The molecule has 0 aromatic heterocycles. The molecule has 1 heterocycles. The maximum atomic E-state index is 12.1. The second kappa shape index (κ2) is 7.13. The summed E-state index contributed by atoms with van der Waals surface area (Å²) in [6.07, 6.45) is 3.55. The molecule has 1 saturated heterocycles. The molecule has 1 aromatic carbocycles. The molecule has 1 aliphatic rings. The lowest BCUT2D eigenvalue weighted by Gasteiger charge is -2.28. The molecule has 0 radical (unpaired) electrons. The van der Waals surface area contributed by atoms with E-state index in [0.29, 0.717) is 24.2 Å². The quantitative estimate of drug-likeness (QED) is 0.905. The average molecular weight is 324 g/mol. The van der Waals surface area contributed by atoms with Gasteiger partial charge in [-0.25, -0.2) is 8.42 Å². The third kappa shape index (κ3) is 4.00. The number of hydrogen-bond acceptors (Lipinski definition) is 3. The zero-order valence-corrected chi connectivity index (χ0v) is 14.0. The van der Waals surface area contributed by atoms with Crippen LogP contribution in [0.1, 0.15) is 49.9 Å². The van der Waals surface area contributed by atoms with Gasteiger partial charge in [0.1, 0.15) is 0 Å². The number of benzene rings is 1. The molecule has 0 saturated carbocycles. The van der Waals surface area contributed by atoms with Gasteiger partial charge in [0.15, 0.2) is 0 Å². The highest BCUT2D eigenvalue weighted by atomic mass is 32.2. The van der Waals surface area contributed by atoms with E-state index in [9.17, 15) is 13.2 Å². The Hall–Kier alpha value is -1.56. The van der Waals surface area contributed by atoms with E-state index < -0.39 is 10.0 Å². The number of nitrogens with one attached hydrogen (secondary N) is 1. The number of carbonyl (C=O) groups is 1. The first kappa shape index (κ1) is 16.8. The number of rotatable bonds is 5. The fourth-order valence-corrected chi connectivity index (χ4v) is 4.31. The van der Waals surface area contributed by atoms with Crippen LogP contribution in [0.4, 0.5) is 5.69 Å². The first-order valence-electron chi connectivity index (χ1n) is 7.85. The zero-order chi connectivity index (χ0) is 16.2. The standard InChI is InChI=1S/C16H24N2O3S/c1-3-6-13(2)17-16(19)14-7-9-15(10-8-14)18-11-4-5-12-22(18,20)21/h7-10,13H,3-6,11-12H2,1-2H3,(H,17,19)/t13-/m1/s1. The summed E-state index contributed by atoms with van der Waals surface area (Å²) in [7, 11) is -3.20. The molecule has 1 fully saturated rings. The molecular formula is C16H24N2O3S. The van der Waals surface area contributed by atoms with E-state index in [-0.39, 0.29) is 17.7 Å². The fraction of sp³-hybridized carbons (Fsp3) is 0.562. The smallest absolute Gasteiger partial charge is 0.251 e. The Morgan fingerprint density at radius 2 is 1.95 bits per heavy atom. The number of carbonyl (C=O) groups excluding carboxylic acids is 1. The van der Waals surface area contributed by atoms with Gasteiger partial charge in [-0.05, 0) is 50.5 Å². The van der Waals surface area contributed by atoms with E-state index in [2.05, 4.69) is 12.2 Å². The van der Waals surface area contributed by atoms with Gasteiger partial charge in [-0.2, -0.15) is 0 Å². The lowest BCUT2D eigenvalue weighted by Crippen LogP contribution is -2.37. The highest BCUT2D eigenvalue weighted by molar-refractivity contribution is 7.92. The van der Waals surface area contributed by atoms with Gasteiger partial charge >= 0.3 is 0 Å². The van der Waals surface area contributed by atoms with E-state index in [0.717, 1.165) is 19.3 Å². The Kier molecular flexibility index (Phi) is 5.45. The summed E-state index contributed by atoms with van der Waals surface area (Å²) < 4.78 is 25.6. The van der Waals surface area contributed by atoms with Crippen molar-refractivity contribution in [2.75, 3.05) is 16.6 Å². The molecule has 0 unspecified atom stereocenters. The first-order valence-corrected chi connectivity index (χ1v) is 9.46. The summed E-state index contributed by atoms with van der Waals surface area (Å²) in [5, 5.41) is 2.94. The largest absolute Gasteiger partial charge is 0.350 e. The molecular weight excluding hydrogens is 300 g/mol. The molecule has 22 heavy (non-hydrogen) atoms. The Labute approximate surface area is 132 Å². The van der Waals surface area contributed by atoms with Gasteiger partial charge in [-0.15, -0.1) is 0 Å².